The van der Waals surface area contributed by atoms with Crippen LogP contribution in [0.25, 0.3) is 0 Å². The maximum Gasteiger partial charge on any atom is 0.401 e. The molecule has 0 atom stereocenters. The topological polar surface area (TPSA) is 68.4 Å². The number of carbonyl (C=O) groups is 1. The van der Waals surface area contributed by atoms with Crippen molar-refractivity contribution in [2.24, 2.45) is 0 Å². The summed E-state index contributed by atoms with van der Waals surface area (Å²) >= 11 is 0. The summed E-state index contributed by atoms with van der Waals surface area (Å²) in [6, 6.07) is 7.84. The van der Waals surface area contributed by atoms with Crippen LogP contribution in [0.2, 0.25) is 0 Å². The monoisotopic (exact) mass is 544 g/mol. The van der Waals surface area contributed by atoms with E-state index in [2.05, 4.69) is 34.3 Å². The van der Waals surface area contributed by atoms with Gasteiger partial charge in [0.15, 0.2) is 0 Å². The molecule has 1 saturated carbocycles. The fourth-order valence-corrected chi connectivity index (χ4v) is 6.14. The van der Waals surface area contributed by atoms with E-state index in [0.717, 1.165) is 48.3 Å². The van der Waals surface area contributed by atoms with Crippen molar-refractivity contribution in [1.29, 1.82) is 0 Å². The number of hydrogen-bond acceptors (Lipinski definition) is 4. The first kappa shape index (κ1) is 28.9. The molecule has 0 radical (unpaired) electrons. The number of H-pyrrole nitrogens is 1. The second-order valence-corrected chi connectivity index (χ2v) is 10.8. The number of amides is 1. The molecular weight excluding hydrogens is 505 g/mol. The molecule has 0 saturated heterocycles. The summed E-state index contributed by atoms with van der Waals surface area (Å²) in [6.07, 6.45) is 5.11. The number of hydrogen-bond donors (Lipinski definition) is 2. The summed E-state index contributed by atoms with van der Waals surface area (Å²) in [5.41, 5.74) is 4.67. The molecule has 2 N–H and O–H groups in total. The number of aromatic amines is 1. The fraction of sp³-hybridized carbons (Fsp3) is 0.533. The van der Waals surface area contributed by atoms with E-state index in [-0.39, 0.29) is 30.1 Å². The highest BCUT2D eigenvalue weighted by Gasteiger charge is 2.35. The van der Waals surface area contributed by atoms with Crippen LogP contribution in [-0.4, -0.2) is 54.2 Å². The summed E-state index contributed by atoms with van der Waals surface area (Å²) in [4.78, 5) is 32.7. The average molecular weight is 545 g/mol. The molecule has 39 heavy (non-hydrogen) atoms. The van der Waals surface area contributed by atoms with E-state index in [0.29, 0.717) is 36.8 Å². The molecule has 6 nitrogen and oxygen atoms in total. The Hall–Kier alpha value is -3.07. The van der Waals surface area contributed by atoms with Crippen molar-refractivity contribution < 1.29 is 18.0 Å². The minimum atomic E-state index is -4.19. The summed E-state index contributed by atoms with van der Waals surface area (Å²) in [6.45, 7) is 3.94. The van der Waals surface area contributed by atoms with Gasteiger partial charge in [0.1, 0.15) is 0 Å². The normalized spacial score (nSPS) is 20.4. The molecule has 9 heteroatoms. The predicted molar refractivity (Wildman–Crippen MR) is 148 cm³/mol. The maximum absolute atomic E-state index is 13.4. The first-order valence-corrected chi connectivity index (χ1v) is 13.9. The van der Waals surface area contributed by atoms with Crippen LogP contribution in [0.5, 0.6) is 0 Å². The zero-order chi connectivity index (χ0) is 28.2. The van der Waals surface area contributed by atoms with E-state index in [1.807, 2.05) is 31.2 Å². The van der Waals surface area contributed by atoms with Crippen LogP contribution in [-0.2, 0) is 19.4 Å². The Balaban J connectivity index is 1.57. The maximum atomic E-state index is 13.4. The number of rotatable bonds is 5. The summed E-state index contributed by atoms with van der Waals surface area (Å²) in [7, 11) is 1.56. The number of pyridine rings is 1. The second kappa shape index (κ2) is 12.4. The van der Waals surface area contributed by atoms with E-state index in [4.69, 9.17) is 0 Å². The van der Waals surface area contributed by atoms with Gasteiger partial charge in [0.25, 0.3) is 11.5 Å². The highest BCUT2D eigenvalue weighted by Crippen LogP contribution is 2.34. The van der Waals surface area contributed by atoms with Gasteiger partial charge in [-0.25, -0.2) is 0 Å². The highest BCUT2D eigenvalue weighted by molar-refractivity contribution is 5.97. The van der Waals surface area contributed by atoms with Gasteiger partial charge in [-0.15, -0.1) is 0 Å². The lowest BCUT2D eigenvalue weighted by Gasteiger charge is -2.41. The van der Waals surface area contributed by atoms with Gasteiger partial charge in [-0.05, 0) is 95.2 Å². The Morgan fingerprint density at radius 3 is 2.44 bits per heavy atom. The lowest BCUT2D eigenvalue weighted by molar-refractivity contribution is -0.148. The van der Waals surface area contributed by atoms with Gasteiger partial charge in [-0.2, -0.15) is 13.2 Å². The Kier molecular flexibility index (Phi) is 9.20. The van der Waals surface area contributed by atoms with Crippen LogP contribution in [0.1, 0.15) is 71.8 Å². The van der Waals surface area contributed by atoms with E-state index in [1.165, 1.54) is 4.90 Å². The Morgan fingerprint density at radius 2 is 1.74 bits per heavy atom. The van der Waals surface area contributed by atoms with E-state index in [1.54, 1.807) is 7.05 Å². The van der Waals surface area contributed by atoms with Crippen molar-refractivity contribution in [2.75, 3.05) is 25.0 Å². The van der Waals surface area contributed by atoms with Crippen LogP contribution in [0.15, 0.2) is 41.2 Å². The number of benzene rings is 1. The van der Waals surface area contributed by atoms with E-state index < -0.39 is 12.7 Å². The smallest absolute Gasteiger partial charge is 0.369 e. The van der Waals surface area contributed by atoms with Gasteiger partial charge in [0.2, 0.25) is 0 Å². The standard InChI is InChI=1S/C30H39F3N4O2/c1-4-37(23-15-13-22(14-16-23)36(3)19-30(31,32)33)27-12-8-11-25-24(27)10-7-5-6-9-21-17-20(2)35-29(39)26(21)18-34-28(25)38/h5,7-8,11-12,17,22-23H,4,6,9-10,13-16,18-19H2,1-3H3,(H,34,38)(H,35,39). The van der Waals surface area contributed by atoms with Gasteiger partial charge in [0, 0.05) is 47.7 Å². The summed E-state index contributed by atoms with van der Waals surface area (Å²) < 4.78 is 38.7. The molecule has 1 aromatic carbocycles. The van der Waals surface area contributed by atoms with Crippen LogP contribution in [0.4, 0.5) is 18.9 Å². The van der Waals surface area contributed by atoms with Crippen molar-refractivity contribution in [2.45, 2.75) is 83.6 Å². The molecule has 1 fully saturated rings. The van der Waals surface area contributed by atoms with Crippen molar-refractivity contribution in [3.8, 4) is 0 Å². The SMILES string of the molecule is CCN(c1cccc2c1CC=CCCc1cc(C)[nH]c(=O)c1CNC2=O)C1CCC(N(C)CC(F)(F)F)CC1. The minimum Gasteiger partial charge on any atom is -0.369 e. The first-order valence-electron chi connectivity index (χ1n) is 13.9. The van der Waals surface area contributed by atoms with Gasteiger partial charge in [-0.1, -0.05) is 18.2 Å². The number of nitrogens with one attached hydrogen (secondary N) is 2. The number of aromatic nitrogens is 1. The van der Waals surface area contributed by atoms with Crippen LogP contribution in [0, 0.1) is 6.92 Å². The molecule has 0 unspecified atom stereocenters. The zero-order valence-corrected chi connectivity index (χ0v) is 23.0. The van der Waals surface area contributed by atoms with Gasteiger partial charge in [0.05, 0.1) is 6.54 Å². The van der Waals surface area contributed by atoms with Crippen LogP contribution >= 0.6 is 0 Å². The summed E-state index contributed by atoms with van der Waals surface area (Å²) in [5, 5.41) is 2.97. The largest absolute Gasteiger partial charge is 0.401 e. The van der Waals surface area contributed by atoms with Crippen molar-refractivity contribution >= 4 is 11.6 Å². The predicted octanol–water partition coefficient (Wildman–Crippen LogP) is 5.29. The summed E-state index contributed by atoms with van der Waals surface area (Å²) in [5.74, 6) is -0.222. The lowest BCUT2D eigenvalue weighted by atomic mass is 9.88. The number of alkyl halides is 3. The molecule has 1 aliphatic heterocycles. The third kappa shape index (κ3) is 7.12. The molecule has 2 aromatic rings. The molecule has 0 bridgehead atoms. The number of halogens is 3. The highest BCUT2D eigenvalue weighted by atomic mass is 19.4. The first-order chi connectivity index (χ1) is 18.6. The van der Waals surface area contributed by atoms with Gasteiger partial charge < -0.3 is 15.2 Å². The molecule has 1 aromatic heterocycles. The number of nitrogens with zero attached hydrogens (tertiary/aromatic N) is 2. The molecule has 0 spiro atoms. The quantitative estimate of drug-likeness (QED) is 0.502. The number of carbonyl (C=O) groups excluding carboxylic acids is 1. The number of aryl methyl sites for hydroxylation is 2. The number of allylic oxidation sites excluding steroid dienone is 2. The van der Waals surface area contributed by atoms with Crippen molar-refractivity contribution in [3.63, 3.8) is 0 Å². The van der Waals surface area contributed by atoms with Gasteiger partial charge >= 0.3 is 6.18 Å². The molecule has 1 aliphatic carbocycles. The van der Waals surface area contributed by atoms with Crippen molar-refractivity contribution in [1.82, 2.24) is 15.2 Å². The third-order valence-electron chi connectivity index (χ3n) is 8.06. The Bertz CT molecular complexity index is 1250. The molecule has 2 aliphatic rings. The third-order valence-corrected chi connectivity index (χ3v) is 8.06. The number of fused-ring (bicyclic) bond motifs is 2. The van der Waals surface area contributed by atoms with Crippen LogP contribution in [0.3, 0.4) is 0 Å². The lowest BCUT2D eigenvalue weighted by Crippen LogP contribution is -2.45. The Morgan fingerprint density at radius 1 is 1.03 bits per heavy atom. The van der Waals surface area contributed by atoms with Crippen molar-refractivity contribution in [3.05, 3.63) is 74.7 Å². The van der Waals surface area contributed by atoms with E-state index >= 15 is 0 Å². The van der Waals surface area contributed by atoms with Gasteiger partial charge in [-0.3, -0.25) is 14.5 Å². The minimum absolute atomic E-state index is 0.0820. The molecule has 2 heterocycles. The molecule has 1 amide bonds. The fourth-order valence-electron chi connectivity index (χ4n) is 6.14. The van der Waals surface area contributed by atoms with E-state index in [9.17, 15) is 22.8 Å². The second-order valence-electron chi connectivity index (χ2n) is 10.8. The average Bonchev–Trinajstić information content (AvgIpc) is 2.87. The van der Waals surface area contributed by atoms with Crippen LogP contribution < -0.4 is 15.8 Å². The molecule has 212 valence electrons. The number of anilines is 1. The Labute approximate surface area is 228 Å². The molecule has 4 rings (SSSR count). The zero-order valence-electron chi connectivity index (χ0n) is 23.0. The molecular formula is C30H39F3N4O2.